The predicted molar refractivity (Wildman–Crippen MR) is 123 cm³/mol. The zero-order valence-corrected chi connectivity index (χ0v) is 19.5. The molecule has 0 radical (unpaired) electrons. The van der Waals surface area contributed by atoms with E-state index in [9.17, 15) is 10.1 Å². The number of nitriles is 1. The molecule has 1 amide bonds. The first-order chi connectivity index (χ1) is 15.5. The lowest BCUT2D eigenvalue weighted by Gasteiger charge is -2.16. The number of furan rings is 1. The third-order valence-corrected chi connectivity index (χ3v) is 7.35. The fourth-order valence-electron chi connectivity index (χ4n) is 3.56. The van der Waals surface area contributed by atoms with E-state index in [4.69, 9.17) is 9.15 Å². The summed E-state index contributed by atoms with van der Waals surface area (Å²) in [5, 5.41) is 24.6. The summed E-state index contributed by atoms with van der Waals surface area (Å²) >= 11 is 2.68. The number of carbonyl (C=O) groups is 1. The van der Waals surface area contributed by atoms with Crippen molar-refractivity contribution in [2.45, 2.75) is 50.2 Å². The highest BCUT2D eigenvalue weighted by atomic mass is 32.2. The van der Waals surface area contributed by atoms with Crippen LogP contribution in [0.25, 0.3) is 0 Å². The second-order valence-electron chi connectivity index (χ2n) is 7.43. The summed E-state index contributed by atoms with van der Waals surface area (Å²) in [7, 11) is 0. The van der Waals surface area contributed by atoms with Gasteiger partial charge in [-0.15, -0.1) is 10.2 Å². The van der Waals surface area contributed by atoms with Crippen molar-refractivity contribution in [2.24, 2.45) is 0 Å². The second kappa shape index (κ2) is 10.2. The van der Waals surface area contributed by atoms with Crippen LogP contribution in [-0.4, -0.2) is 39.1 Å². The Labute approximate surface area is 194 Å². The van der Waals surface area contributed by atoms with Gasteiger partial charge in [0.2, 0.25) is 11.0 Å². The molecule has 168 valence electrons. The fourth-order valence-corrected chi connectivity index (χ4v) is 5.11. The van der Waals surface area contributed by atoms with Gasteiger partial charge in [0, 0.05) is 12.3 Å². The molecule has 4 heterocycles. The van der Waals surface area contributed by atoms with Crippen LogP contribution in [0.2, 0.25) is 0 Å². The van der Waals surface area contributed by atoms with Crippen molar-refractivity contribution in [3.8, 4) is 6.07 Å². The molecular formula is C21H24N6O3S2. The number of ether oxygens (including phenoxy) is 1. The first kappa shape index (κ1) is 22.4. The molecule has 11 heteroatoms. The molecule has 1 atom stereocenters. The number of thioether (sulfide) groups is 1. The normalized spacial score (nSPS) is 15.6. The van der Waals surface area contributed by atoms with Gasteiger partial charge in [-0.25, -0.2) is 0 Å². The largest absolute Gasteiger partial charge is 0.467 e. The van der Waals surface area contributed by atoms with Gasteiger partial charge in [-0.05, 0) is 44.4 Å². The molecule has 3 aromatic rings. The van der Waals surface area contributed by atoms with E-state index in [-0.39, 0.29) is 17.8 Å². The quantitative estimate of drug-likeness (QED) is 0.450. The van der Waals surface area contributed by atoms with Crippen molar-refractivity contribution in [1.29, 1.82) is 5.26 Å². The Hall–Kier alpha value is -2.81. The summed E-state index contributed by atoms with van der Waals surface area (Å²) in [5.74, 6) is 1.32. The number of hydrogen-bond donors (Lipinski definition) is 2. The molecule has 0 saturated carbocycles. The Morgan fingerprint density at radius 3 is 3.03 bits per heavy atom. The van der Waals surface area contributed by atoms with Crippen molar-refractivity contribution in [1.82, 2.24) is 14.8 Å². The highest BCUT2D eigenvalue weighted by molar-refractivity contribution is 8.01. The Morgan fingerprint density at radius 2 is 2.31 bits per heavy atom. The fraction of sp³-hybridized carbons (Fsp3) is 0.429. The van der Waals surface area contributed by atoms with Crippen LogP contribution < -0.4 is 10.6 Å². The topological polar surface area (TPSA) is 118 Å². The molecule has 0 unspecified atom stereocenters. The maximum Gasteiger partial charge on any atom is 0.235 e. The lowest BCUT2D eigenvalue weighted by Crippen LogP contribution is -2.22. The molecule has 32 heavy (non-hydrogen) atoms. The molecule has 1 fully saturated rings. The molecule has 1 aliphatic heterocycles. The summed E-state index contributed by atoms with van der Waals surface area (Å²) in [6.07, 6.45) is 3.74. The van der Waals surface area contributed by atoms with E-state index in [1.165, 1.54) is 23.1 Å². The van der Waals surface area contributed by atoms with Gasteiger partial charge in [0.15, 0.2) is 4.34 Å². The number of anilines is 2. The van der Waals surface area contributed by atoms with Crippen LogP contribution >= 0.6 is 23.1 Å². The molecule has 4 rings (SSSR count). The van der Waals surface area contributed by atoms with Gasteiger partial charge in [-0.2, -0.15) is 5.26 Å². The van der Waals surface area contributed by atoms with Crippen molar-refractivity contribution < 1.29 is 13.9 Å². The molecule has 9 nitrogen and oxygen atoms in total. The van der Waals surface area contributed by atoms with Crippen LogP contribution in [0.3, 0.4) is 0 Å². The van der Waals surface area contributed by atoms with Crippen LogP contribution in [0.15, 0.2) is 27.2 Å². The first-order valence-electron chi connectivity index (χ1n) is 10.3. The van der Waals surface area contributed by atoms with Crippen molar-refractivity contribution >= 4 is 40.0 Å². The van der Waals surface area contributed by atoms with Gasteiger partial charge in [-0.1, -0.05) is 23.1 Å². The maximum absolute atomic E-state index is 12.7. The monoisotopic (exact) mass is 472 g/mol. The van der Waals surface area contributed by atoms with Gasteiger partial charge in [0.25, 0.3) is 0 Å². The van der Waals surface area contributed by atoms with E-state index in [0.717, 1.165) is 36.5 Å². The minimum atomic E-state index is -0.196. The lowest BCUT2D eigenvalue weighted by atomic mass is 10.2. The summed E-state index contributed by atoms with van der Waals surface area (Å²) in [4.78, 5) is 12.7. The summed E-state index contributed by atoms with van der Waals surface area (Å²) in [6, 6.07) is 5.94. The van der Waals surface area contributed by atoms with E-state index in [1.54, 1.807) is 6.26 Å². The summed E-state index contributed by atoms with van der Waals surface area (Å²) < 4.78 is 13.7. The Morgan fingerprint density at radius 1 is 1.44 bits per heavy atom. The second-order valence-corrected chi connectivity index (χ2v) is 9.63. The maximum atomic E-state index is 12.7. The van der Waals surface area contributed by atoms with Gasteiger partial charge in [0.1, 0.15) is 17.6 Å². The average Bonchev–Trinajstić information content (AvgIpc) is 3.58. The van der Waals surface area contributed by atoms with Gasteiger partial charge >= 0.3 is 0 Å². The average molecular weight is 473 g/mol. The standard InChI is InChI=1S/C21H24N6O3S2/c1-13-14(2)27(11-16-6-4-8-30-16)19(17(13)9-22)24-18(28)12-31-21-26-25-20(32-21)23-10-15-5-3-7-29-15/h3,5,7,16H,4,6,8,10-12H2,1-2H3,(H,23,25)(H,24,28)/t16-/m0/s1. The highest BCUT2D eigenvalue weighted by Gasteiger charge is 2.24. The van der Waals surface area contributed by atoms with E-state index in [0.29, 0.717) is 33.9 Å². The van der Waals surface area contributed by atoms with Crippen LogP contribution in [0.4, 0.5) is 10.9 Å². The van der Waals surface area contributed by atoms with Gasteiger partial charge in [-0.3, -0.25) is 4.79 Å². The lowest BCUT2D eigenvalue weighted by molar-refractivity contribution is -0.113. The molecule has 2 N–H and O–H groups in total. The molecule has 0 aromatic carbocycles. The van der Waals surface area contributed by atoms with E-state index < -0.39 is 0 Å². The van der Waals surface area contributed by atoms with Crippen LogP contribution in [0, 0.1) is 25.2 Å². The predicted octanol–water partition coefficient (Wildman–Crippen LogP) is 3.94. The van der Waals surface area contributed by atoms with Crippen LogP contribution in [-0.2, 0) is 22.6 Å². The molecule has 0 spiro atoms. The number of hydrogen-bond acceptors (Lipinski definition) is 9. The Kier molecular flexibility index (Phi) is 7.14. The van der Waals surface area contributed by atoms with Crippen molar-refractivity contribution in [3.05, 3.63) is 41.0 Å². The van der Waals surface area contributed by atoms with E-state index >= 15 is 0 Å². The van der Waals surface area contributed by atoms with Crippen LogP contribution in [0.5, 0.6) is 0 Å². The van der Waals surface area contributed by atoms with E-state index in [2.05, 4.69) is 26.9 Å². The van der Waals surface area contributed by atoms with Gasteiger partial charge < -0.3 is 24.4 Å². The number of nitrogens with zero attached hydrogens (tertiary/aromatic N) is 4. The third-order valence-electron chi connectivity index (χ3n) is 5.34. The molecule has 3 aromatic heterocycles. The minimum absolute atomic E-state index is 0.102. The number of amides is 1. The number of nitrogens with one attached hydrogen (secondary N) is 2. The Balaban J connectivity index is 1.36. The summed E-state index contributed by atoms with van der Waals surface area (Å²) in [5.41, 5.74) is 2.35. The molecular weight excluding hydrogens is 448 g/mol. The molecule has 0 aliphatic carbocycles. The SMILES string of the molecule is Cc1c(C#N)c(NC(=O)CSc2nnc(NCc3ccco3)s2)n(C[C@@H]2CCCO2)c1C. The number of aromatic nitrogens is 3. The van der Waals surface area contributed by atoms with Crippen LogP contribution in [0.1, 0.15) is 35.4 Å². The molecule has 1 saturated heterocycles. The molecule has 1 aliphatic rings. The number of rotatable bonds is 9. The summed E-state index contributed by atoms with van der Waals surface area (Å²) in [6.45, 7) is 5.77. The minimum Gasteiger partial charge on any atom is -0.467 e. The molecule has 0 bridgehead atoms. The van der Waals surface area contributed by atoms with Gasteiger partial charge in [0.05, 0.1) is 36.8 Å². The first-order valence-corrected chi connectivity index (χ1v) is 12.1. The smallest absolute Gasteiger partial charge is 0.235 e. The van der Waals surface area contributed by atoms with E-state index in [1.807, 2.05) is 30.5 Å². The zero-order valence-electron chi connectivity index (χ0n) is 17.9. The number of carbonyl (C=O) groups excluding carboxylic acids is 1. The zero-order chi connectivity index (χ0) is 22.5. The Bertz CT molecular complexity index is 1110. The van der Waals surface area contributed by atoms with Crippen molar-refractivity contribution in [3.63, 3.8) is 0 Å². The highest BCUT2D eigenvalue weighted by Crippen LogP contribution is 2.30. The van der Waals surface area contributed by atoms with Crippen molar-refractivity contribution in [2.75, 3.05) is 23.0 Å². The third kappa shape index (κ3) is 5.15.